The molecule has 0 spiro atoms. The van der Waals surface area contributed by atoms with Gasteiger partial charge in [-0.1, -0.05) is 29.7 Å². The molecule has 0 amide bonds. The summed E-state index contributed by atoms with van der Waals surface area (Å²) in [6.07, 6.45) is 1.10. The first-order chi connectivity index (χ1) is 17.3. The first-order valence-corrected chi connectivity index (χ1v) is 11.0. The molecule has 36 heavy (non-hydrogen) atoms. The van der Waals surface area contributed by atoms with Crippen LogP contribution in [0.15, 0.2) is 60.7 Å². The molecular formula is C30H19F5O. The van der Waals surface area contributed by atoms with Crippen molar-refractivity contribution in [3.63, 3.8) is 0 Å². The number of benzene rings is 4. The Labute approximate surface area is 205 Å². The summed E-state index contributed by atoms with van der Waals surface area (Å²) in [4.78, 5) is 0. The highest BCUT2D eigenvalue weighted by molar-refractivity contribution is 5.84. The monoisotopic (exact) mass is 490 g/mol. The van der Waals surface area contributed by atoms with E-state index in [1.165, 1.54) is 24.3 Å². The van der Waals surface area contributed by atoms with Crippen LogP contribution in [0.25, 0.3) is 10.8 Å². The molecular weight excluding hydrogens is 471 g/mol. The third kappa shape index (κ3) is 5.92. The van der Waals surface area contributed by atoms with Gasteiger partial charge in [0, 0.05) is 24.8 Å². The molecule has 0 radical (unpaired) electrons. The second-order valence-electron chi connectivity index (χ2n) is 8.05. The Bertz CT molecular complexity index is 1540. The van der Waals surface area contributed by atoms with Crippen LogP contribution in [-0.4, -0.2) is 13.7 Å². The van der Waals surface area contributed by atoms with Gasteiger partial charge in [0.2, 0.25) is 0 Å². The van der Waals surface area contributed by atoms with Crippen LogP contribution in [0.3, 0.4) is 0 Å². The Morgan fingerprint density at radius 3 is 1.94 bits per heavy atom. The lowest BCUT2D eigenvalue weighted by Crippen LogP contribution is -1.97. The normalized spacial score (nSPS) is 10.5. The lowest BCUT2D eigenvalue weighted by atomic mass is 10.1. The highest BCUT2D eigenvalue weighted by atomic mass is 19.2. The van der Waals surface area contributed by atoms with Crippen LogP contribution in [-0.2, 0) is 11.2 Å². The van der Waals surface area contributed by atoms with Gasteiger partial charge in [-0.15, -0.1) is 0 Å². The number of halogens is 5. The minimum atomic E-state index is -0.965. The molecule has 0 fully saturated rings. The van der Waals surface area contributed by atoms with E-state index in [4.69, 9.17) is 4.74 Å². The Balaban J connectivity index is 1.53. The molecule has 0 saturated carbocycles. The predicted octanol–water partition coefficient (Wildman–Crippen LogP) is 6.91. The van der Waals surface area contributed by atoms with Gasteiger partial charge in [-0.05, 0) is 83.8 Å². The minimum absolute atomic E-state index is 0.0868. The average Bonchev–Trinajstić information content (AvgIpc) is 2.84. The SMILES string of the molecule is COCCCc1cc(F)c(C#Cc2ccc(C#Cc3ccc4cc(F)c(F)cc4c3)c(F)c2)c(F)c1. The molecule has 4 aromatic carbocycles. The van der Waals surface area contributed by atoms with Gasteiger partial charge in [-0.2, -0.15) is 0 Å². The minimum Gasteiger partial charge on any atom is -0.385 e. The van der Waals surface area contributed by atoms with E-state index in [-0.39, 0.29) is 16.7 Å². The van der Waals surface area contributed by atoms with Crippen molar-refractivity contribution >= 4 is 10.8 Å². The van der Waals surface area contributed by atoms with Gasteiger partial charge in [0.1, 0.15) is 17.5 Å². The molecule has 4 rings (SSSR count). The average molecular weight is 490 g/mol. The second kappa shape index (κ2) is 11.1. The summed E-state index contributed by atoms with van der Waals surface area (Å²) in [5.41, 5.74) is 0.925. The molecule has 0 heterocycles. The standard InChI is InChI=1S/C30H19F5O/c1-36-12-2-3-21-15-27(32)25(28(33)16-21)11-7-20-5-9-22(26(31)14-20)8-4-19-6-10-23-17-29(34)30(35)18-24(23)13-19/h5-6,9-10,13-18H,2-3,12H2,1H3. The summed E-state index contributed by atoms with van der Waals surface area (Å²) in [6.45, 7) is 0.486. The summed E-state index contributed by atoms with van der Waals surface area (Å²) < 4.78 is 75.1. The Morgan fingerprint density at radius 1 is 0.611 bits per heavy atom. The summed E-state index contributed by atoms with van der Waals surface area (Å²) in [5.74, 6) is 6.39. The van der Waals surface area contributed by atoms with Crippen molar-refractivity contribution in [2.45, 2.75) is 12.8 Å². The summed E-state index contributed by atoms with van der Waals surface area (Å²) in [6, 6.07) is 13.5. The number of hydrogen-bond donors (Lipinski definition) is 0. The molecule has 0 atom stereocenters. The van der Waals surface area contributed by atoms with Crippen LogP contribution in [0.5, 0.6) is 0 Å². The zero-order chi connectivity index (χ0) is 25.7. The van der Waals surface area contributed by atoms with Gasteiger partial charge in [-0.25, -0.2) is 22.0 Å². The van der Waals surface area contributed by atoms with Crippen LogP contribution >= 0.6 is 0 Å². The molecule has 0 unspecified atom stereocenters. The van der Waals surface area contributed by atoms with E-state index >= 15 is 0 Å². The fraction of sp³-hybridized carbons (Fsp3) is 0.133. The van der Waals surface area contributed by atoms with Crippen LogP contribution < -0.4 is 0 Å². The smallest absolute Gasteiger partial charge is 0.159 e. The number of rotatable bonds is 4. The Kier molecular flexibility index (Phi) is 7.68. The Morgan fingerprint density at radius 2 is 1.25 bits per heavy atom. The quantitative estimate of drug-likeness (QED) is 0.172. The third-order valence-corrected chi connectivity index (χ3v) is 5.44. The Hall–Kier alpha value is -4.13. The number of ether oxygens (including phenoxy) is 1. The first-order valence-electron chi connectivity index (χ1n) is 11.0. The first kappa shape index (κ1) is 25.0. The van der Waals surface area contributed by atoms with Gasteiger partial charge in [-0.3, -0.25) is 0 Å². The van der Waals surface area contributed by atoms with Crippen molar-refractivity contribution in [1.29, 1.82) is 0 Å². The van der Waals surface area contributed by atoms with Crippen molar-refractivity contribution in [2.24, 2.45) is 0 Å². The van der Waals surface area contributed by atoms with Crippen molar-refractivity contribution in [3.05, 3.63) is 118 Å². The molecule has 0 aliphatic rings. The van der Waals surface area contributed by atoms with Crippen LogP contribution in [0.2, 0.25) is 0 Å². The van der Waals surface area contributed by atoms with Gasteiger partial charge >= 0.3 is 0 Å². The summed E-state index contributed by atoms with van der Waals surface area (Å²) in [7, 11) is 1.56. The molecule has 0 bridgehead atoms. The summed E-state index contributed by atoms with van der Waals surface area (Å²) in [5, 5.41) is 0.983. The van der Waals surface area contributed by atoms with Crippen LogP contribution in [0.1, 0.15) is 34.2 Å². The van der Waals surface area contributed by atoms with Crippen molar-refractivity contribution in [1.82, 2.24) is 0 Å². The van der Waals surface area contributed by atoms with E-state index in [2.05, 4.69) is 23.7 Å². The van der Waals surface area contributed by atoms with E-state index in [1.807, 2.05) is 0 Å². The van der Waals surface area contributed by atoms with Crippen LogP contribution in [0.4, 0.5) is 22.0 Å². The van der Waals surface area contributed by atoms with Crippen molar-refractivity contribution in [3.8, 4) is 23.7 Å². The molecule has 0 aliphatic heterocycles. The maximum absolute atomic E-state index is 14.6. The zero-order valence-corrected chi connectivity index (χ0v) is 19.2. The molecule has 6 heteroatoms. The van der Waals surface area contributed by atoms with Gasteiger partial charge in [0.15, 0.2) is 11.6 Å². The van der Waals surface area contributed by atoms with Gasteiger partial charge < -0.3 is 4.74 Å². The predicted molar refractivity (Wildman–Crippen MR) is 129 cm³/mol. The topological polar surface area (TPSA) is 9.23 Å². The van der Waals surface area contributed by atoms with E-state index in [0.29, 0.717) is 41.3 Å². The van der Waals surface area contributed by atoms with Gasteiger partial charge in [0.25, 0.3) is 0 Å². The third-order valence-electron chi connectivity index (χ3n) is 5.44. The van der Waals surface area contributed by atoms with Crippen LogP contribution in [0, 0.1) is 52.8 Å². The molecule has 0 aliphatic carbocycles. The fourth-order valence-corrected chi connectivity index (χ4v) is 3.60. The maximum Gasteiger partial charge on any atom is 0.159 e. The number of hydrogen-bond acceptors (Lipinski definition) is 1. The molecule has 4 aromatic rings. The molecule has 0 N–H and O–H groups in total. The van der Waals surface area contributed by atoms with E-state index < -0.39 is 29.1 Å². The largest absolute Gasteiger partial charge is 0.385 e. The molecule has 0 saturated heterocycles. The lowest BCUT2D eigenvalue weighted by molar-refractivity contribution is 0.195. The number of aryl methyl sites for hydroxylation is 1. The lowest BCUT2D eigenvalue weighted by Gasteiger charge is -2.04. The highest BCUT2D eigenvalue weighted by Crippen LogP contribution is 2.20. The van der Waals surface area contributed by atoms with Crippen molar-refractivity contribution < 1.29 is 26.7 Å². The zero-order valence-electron chi connectivity index (χ0n) is 19.2. The molecule has 180 valence electrons. The fourth-order valence-electron chi connectivity index (χ4n) is 3.60. The van der Waals surface area contributed by atoms with Crippen molar-refractivity contribution in [2.75, 3.05) is 13.7 Å². The maximum atomic E-state index is 14.6. The number of methoxy groups -OCH3 is 1. The molecule has 0 aromatic heterocycles. The highest BCUT2D eigenvalue weighted by Gasteiger charge is 2.10. The van der Waals surface area contributed by atoms with E-state index in [1.54, 1.807) is 25.3 Å². The van der Waals surface area contributed by atoms with E-state index in [0.717, 1.165) is 18.2 Å². The van der Waals surface area contributed by atoms with Gasteiger partial charge in [0.05, 0.1) is 11.1 Å². The summed E-state index contributed by atoms with van der Waals surface area (Å²) >= 11 is 0. The second-order valence-corrected chi connectivity index (χ2v) is 8.05. The van der Waals surface area contributed by atoms with E-state index in [9.17, 15) is 22.0 Å². The number of fused-ring (bicyclic) bond motifs is 1. The molecule has 1 nitrogen and oxygen atoms in total.